The normalized spacial score (nSPS) is 11.8. The Bertz CT molecular complexity index is 615. The molecule has 0 aliphatic rings. The molecule has 1 amide bonds. The van der Waals surface area contributed by atoms with Gasteiger partial charge in [-0.05, 0) is 43.2 Å². The second kappa shape index (κ2) is 7.12. The molecule has 1 atom stereocenters. The first kappa shape index (κ1) is 16.1. The lowest BCUT2D eigenvalue weighted by atomic mass is 10.0. The third-order valence-corrected chi connectivity index (χ3v) is 3.84. The molecular formula is C19H24N2O. The van der Waals surface area contributed by atoms with Crippen LogP contribution in [0.5, 0.6) is 0 Å². The minimum atomic E-state index is -0.0299. The van der Waals surface area contributed by atoms with E-state index >= 15 is 0 Å². The molecule has 22 heavy (non-hydrogen) atoms. The fourth-order valence-corrected chi connectivity index (χ4v) is 2.37. The summed E-state index contributed by atoms with van der Waals surface area (Å²) in [6.07, 6.45) is 0.866. The molecule has 0 radical (unpaired) electrons. The number of benzene rings is 2. The molecule has 0 aliphatic carbocycles. The SMILES string of the molecule is CCC(NC(=O)c1ccc(N(C)C)cc1)c1ccc(C)cc1. The lowest BCUT2D eigenvalue weighted by Gasteiger charge is -2.18. The Hall–Kier alpha value is -2.29. The van der Waals surface area contributed by atoms with E-state index in [4.69, 9.17) is 0 Å². The number of nitrogens with zero attached hydrogens (tertiary/aromatic N) is 1. The van der Waals surface area contributed by atoms with Gasteiger partial charge in [-0.3, -0.25) is 4.79 Å². The second-order valence-electron chi connectivity index (χ2n) is 5.79. The number of rotatable bonds is 5. The van der Waals surface area contributed by atoms with Crippen LogP contribution >= 0.6 is 0 Å². The van der Waals surface area contributed by atoms with E-state index in [1.165, 1.54) is 5.56 Å². The zero-order valence-corrected chi connectivity index (χ0v) is 13.8. The predicted octanol–water partition coefficient (Wildman–Crippen LogP) is 3.94. The Morgan fingerprint density at radius 1 is 1.05 bits per heavy atom. The van der Waals surface area contributed by atoms with Crippen molar-refractivity contribution in [3.8, 4) is 0 Å². The van der Waals surface area contributed by atoms with Crippen molar-refractivity contribution in [1.82, 2.24) is 5.32 Å². The van der Waals surface area contributed by atoms with Gasteiger partial charge in [0.25, 0.3) is 5.91 Å². The third-order valence-electron chi connectivity index (χ3n) is 3.84. The van der Waals surface area contributed by atoms with E-state index in [1.807, 2.05) is 43.3 Å². The summed E-state index contributed by atoms with van der Waals surface area (Å²) in [5, 5.41) is 3.11. The van der Waals surface area contributed by atoms with Crippen LogP contribution < -0.4 is 10.2 Å². The quantitative estimate of drug-likeness (QED) is 0.906. The Morgan fingerprint density at radius 2 is 1.64 bits per heavy atom. The maximum atomic E-state index is 12.4. The number of amides is 1. The highest BCUT2D eigenvalue weighted by molar-refractivity contribution is 5.94. The first-order valence-corrected chi connectivity index (χ1v) is 7.66. The van der Waals surface area contributed by atoms with Gasteiger partial charge in [0.15, 0.2) is 0 Å². The molecule has 0 aromatic heterocycles. The molecule has 0 fully saturated rings. The van der Waals surface area contributed by atoms with Gasteiger partial charge < -0.3 is 10.2 Å². The molecule has 0 saturated heterocycles. The number of hydrogen-bond acceptors (Lipinski definition) is 2. The molecule has 0 aliphatic heterocycles. The molecule has 0 heterocycles. The molecule has 0 bridgehead atoms. The zero-order valence-electron chi connectivity index (χ0n) is 13.8. The van der Waals surface area contributed by atoms with Gasteiger partial charge in [-0.15, -0.1) is 0 Å². The van der Waals surface area contributed by atoms with Crippen LogP contribution in [0.2, 0.25) is 0 Å². The summed E-state index contributed by atoms with van der Waals surface area (Å²) in [7, 11) is 3.97. The van der Waals surface area contributed by atoms with Crippen LogP contribution in [0.15, 0.2) is 48.5 Å². The van der Waals surface area contributed by atoms with E-state index in [2.05, 4.69) is 43.4 Å². The molecule has 0 saturated carbocycles. The van der Waals surface area contributed by atoms with Crippen molar-refractivity contribution < 1.29 is 4.79 Å². The highest BCUT2D eigenvalue weighted by Gasteiger charge is 2.14. The number of hydrogen-bond donors (Lipinski definition) is 1. The molecule has 2 aromatic carbocycles. The van der Waals surface area contributed by atoms with Crippen molar-refractivity contribution in [2.24, 2.45) is 0 Å². The number of anilines is 1. The van der Waals surface area contributed by atoms with Gasteiger partial charge in [-0.1, -0.05) is 36.8 Å². The Balaban J connectivity index is 2.10. The van der Waals surface area contributed by atoms with Gasteiger partial charge >= 0.3 is 0 Å². The maximum absolute atomic E-state index is 12.4. The molecule has 1 N–H and O–H groups in total. The summed E-state index contributed by atoms with van der Waals surface area (Å²) >= 11 is 0. The van der Waals surface area contributed by atoms with Crippen molar-refractivity contribution in [1.29, 1.82) is 0 Å². The fraction of sp³-hybridized carbons (Fsp3) is 0.316. The summed E-state index contributed by atoms with van der Waals surface area (Å²) in [6, 6.07) is 16.0. The van der Waals surface area contributed by atoms with Crippen LogP contribution in [-0.4, -0.2) is 20.0 Å². The molecule has 116 valence electrons. The smallest absolute Gasteiger partial charge is 0.251 e. The minimum absolute atomic E-state index is 0.0299. The van der Waals surface area contributed by atoms with E-state index in [9.17, 15) is 4.79 Å². The first-order chi connectivity index (χ1) is 10.5. The van der Waals surface area contributed by atoms with Crippen LogP contribution in [0, 0.1) is 6.92 Å². The summed E-state index contributed by atoms with van der Waals surface area (Å²) in [5.41, 5.74) is 4.15. The van der Waals surface area contributed by atoms with Crippen LogP contribution in [-0.2, 0) is 0 Å². The molecule has 3 nitrogen and oxygen atoms in total. The van der Waals surface area contributed by atoms with Gasteiger partial charge in [-0.2, -0.15) is 0 Å². The third kappa shape index (κ3) is 3.88. The highest BCUT2D eigenvalue weighted by Crippen LogP contribution is 2.18. The van der Waals surface area contributed by atoms with Crippen LogP contribution in [0.1, 0.15) is 40.9 Å². The average Bonchev–Trinajstić information content (AvgIpc) is 2.53. The summed E-state index contributed by atoms with van der Waals surface area (Å²) in [6.45, 7) is 4.15. The van der Waals surface area contributed by atoms with E-state index < -0.39 is 0 Å². The summed E-state index contributed by atoms with van der Waals surface area (Å²) < 4.78 is 0. The minimum Gasteiger partial charge on any atom is -0.378 e. The van der Waals surface area contributed by atoms with Crippen molar-refractivity contribution in [2.75, 3.05) is 19.0 Å². The Morgan fingerprint density at radius 3 is 2.14 bits per heavy atom. The Kier molecular flexibility index (Phi) is 5.21. The van der Waals surface area contributed by atoms with Crippen LogP contribution in [0.4, 0.5) is 5.69 Å². The lowest BCUT2D eigenvalue weighted by Crippen LogP contribution is -2.28. The highest BCUT2D eigenvalue weighted by atomic mass is 16.1. The van der Waals surface area contributed by atoms with Crippen molar-refractivity contribution in [3.05, 3.63) is 65.2 Å². The second-order valence-corrected chi connectivity index (χ2v) is 5.79. The van der Waals surface area contributed by atoms with Gasteiger partial charge in [0.1, 0.15) is 0 Å². The van der Waals surface area contributed by atoms with Crippen LogP contribution in [0.25, 0.3) is 0 Å². The number of carbonyl (C=O) groups excluding carboxylic acids is 1. The largest absolute Gasteiger partial charge is 0.378 e. The molecule has 3 heteroatoms. The Labute approximate surface area is 133 Å². The number of aryl methyl sites for hydroxylation is 1. The van der Waals surface area contributed by atoms with E-state index in [1.54, 1.807) is 0 Å². The fourth-order valence-electron chi connectivity index (χ4n) is 2.37. The number of nitrogens with one attached hydrogen (secondary N) is 1. The molecule has 2 rings (SSSR count). The summed E-state index contributed by atoms with van der Waals surface area (Å²) in [5.74, 6) is -0.0299. The molecule has 0 spiro atoms. The predicted molar refractivity (Wildman–Crippen MR) is 92.4 cm³/mol. The van der Waals surface area contributed by atoms with Crippen LogP contribution in [0.3, 0.4) is 0 Å². The van der Waals surface area contributed by atoms with Crippen molar-refractivity contribution in [3.63, 3.8) is 0 Å². The zero-order chi connectivity index (χ0) is 16.1. The van der Waals surface area contributed by atoms with Crippen molar-refractivity contribution in [2.45, 2.75) is 26.3 Å². The molecule has 1 unspecified atom stereocenters. The van der Waals surface area contributed by atoms with Gasteiger partial charge in [-0.25, -0.2) is 0 Å². The van der Waals surface area contributed by atoms with E-state index in [0.29, 0.717) is 5.56 Å². The van der Waals surface area contributed by atoms with Gasteiger partial charge in [0.2, 0.25) is 0 Å². The average molecular weight is 296 g/mol. The maximum Gasteiger partial charge on any atom is 0.251 e. The number of carbonyl (C=O) groups is 1. The molecular weight excluding hydrogens is 272 g/mol. The van der Waals surface area contributed by atoms with Gasteiger partial charge in [0.05, 0.1) is 6.04 Å². The van der Waals surface area contributed by atoms with Crippen molar-refractivity contribution >= 4 is 11.6 Å². The lowest BCUT2D eigenvalue weighted by molar-refractivity contribution is 0.0935. The molecule has 2 aromatic rings. The standard InChI is InChI=1S/C19H24N2O/c1-5-18(15-8-6-14(2)7-9-15)20-19(22)16-10-12-17(13-11-16)21(3)4/h6-13,18H,5H2,1-4H3,(H,20,22). The van der Waals surface area contributed by atoms with Gasteiger partial charge in [0, 0.05) is 25.3 Å². The summed E-state index contributed by atoms with van der Waals surface area (Å²) in [4.78, 5) is 14.4. The topological polar surface area (TPSA) is 32.3 Å². The van der Waals surface area contributed by atoms with E-state index in [-0.39, 0.29) is 11.9 Å². The van der Waals surface area contributed by atoms with E-state index in [0.717, 1.165) is 17.7 Å². The monoisotopic (exact) mass is 296 g/mol. The first-order valence-electron chi connectivity index (χ1n) is 7.66.